The van der Waals surface area contributed by atoms with Crippen molar-refractivity contribution in [3.63, 3.8) is 0 Å². The number of hydrogen-bond donors (Lipinski definition) is 0. The summed E-state index contributed by atoms with van der Waals surface area (Å²) in [5, 5.41) is 0. The summed E-state index contributed by atoms with van der Waals surface area (Å²) in [6.45, 7) is 7.14. The van der Waals surface area contributed by atoms with Crippen LogP contribution in [0, 0.1) is 27.7 Å². The maximum atomic E-state index is 12.5. The van der Waals surface area contributed by atoms with Crippen LogP contribution in [0.5, 0.6) is 5.75 Å². The molecule has 0 amide bonds. The molecule has 0 saturated carbocycles. The van der Waals surface area contributed by atoms with Gasteiger partial charge in [0.15, 0.2) is 0 Å². The number of halogens is 3. The van der Waals surface area contributed by atoms with E-state index in [0.717, 1.165) is 22.3 Å². The molecule has 1 heterocycles. The van der Waals surface area contributed by atoms with E-state index < -0.39 is 15.6 Å². The molecule has 0 atom stereocenters. The highest BCUT2D eigenvalue weighted by atomic mass is 32.2. The topological polar surface area (TPSA) is 56.3 Å². The molecular weight excluding hydrogens is 343 g/mol. The molecule has 0 unspecified atom stereocenters. The summed E-state index contributed by atoms with van der Waals surface area (Å²) in [7, 11) is -5.69. The lowest BCUT2D eigenvalue weighted by atomic mass is 9.91. The third-order valence-electron chi connectivity index (χ3n) is 3.57. The van der Waals surface area contributed by atoms with Crippen LogP contribution in [0.2, 0.25) is 0 Å². The number of hydrogen-bond acceptors (Lipinski definition) is 4. The van der Waals surface area contributed by atoms with Gasteiger partial charge < -0.3 is 4.18 Å². The minimum atomic E-state index is -5.69. The second-order valence-electron chi connectivity index (χ2n) is 5.56. The average molecular weight is 359 g/mol. The van der Waals surface area contributed by atoms with Gasteiger partial charge in [-0.25, -0.2) is 0 Å². The van der Waals surface area contributed by atoms with Crippen molar-refractivity contribution in [1.82, 2.24) is 4.98 Å². The van der Waals surface area contributed by atoms with Gasteiger partial charge >= 0.3 is 15.6 Å². The molecule has 24 heavy (non-hydrogen) atoms. The van der Waals surface area contributed by atoms with Crippen LogP contribution >= 0.6 is 0 Å². The van der Waals surface area contributed by atoms with Gasteiger partial charge in [-0.3, -0.25) is 4.98 Å². The van der Waals surface area contributed by atoms with Crippen LogP contribution in [0.25, 0.3) is 11.1 Å². The van der Waals surface area contributed by atoms with Crippen LogP contribution in [0.4, 0.5) is 13.2 Å². The minimum absolute atomic E-state index is 0.365. The average Bonchev–Trinajstić information content (AvgIpc) is 2.39. The highest BCUT2D eigenvalue weighted by molar-refractivity contribution is 7.88. The third kappa shape index (κ3) is 3.38. The maximum absolute atomic E-state index is 12.5. The van der Waals surface area contributed by atoms with E-state index in [9.17, 15) is 21.6 Å². The Hall–Kier alpha value is -2.09. The molecule has 2 rings (SSSR count). The Morgan fingerprint density at radius 2 is 1.29 bits per heavy atom. The fourth-order valence-corrected chi connectivity index (χ4v) is 3.08. The molecule has 0 aliphatic rings. The lowest BCUT2D eigenvalue weighted by Gasteiger charge is -2.17. The largest absolute Gasteiger partial charge is 0.534 e. The van der Waals surface area contributed by atoms with Crippen LogP contribution in [0.15, 0.2) is 24.5 Å². The van der Waals surface area contributed by atoms with Crippen molar-refractivity contribution in [3.8, 4) is 16.9 Å². The van der Waals surface area contributed by atoms with Crippen LogP contribution in [0.3, 0.4) is 0 Å². The molecule has 130 valence electrons. The van der Waals surface area contributed by atoms with E-state index in [4.69, 9.17) is 0 Å². The second kappa shape index (κ2) is 6.08. The first kappa shape index (κ1) is 18.3. The van der Waals surface area contributed by atoms with Crippen LogP contribution < -0.4 is 4.18 Å². The first-order valence-corrected chi connectivity index (χ1v) is 8.38. The maximum Gasteiger partial charge on any atom is 0.534 e. The fraction of sp³-hybridized carbons (Fsp3) is 0.312. The number of rotatable bonds is 3. The van der Waals surface area contributed by atoms with Gasteiger partial charge in [0, 0.05) is 12.4 Å². The molecule has 8 heteroatoms. The number of aromatic nitrogens is 1. The first-order chi connectivity index (χ1) is 10.9. The van der Waals surface area contributed by atoms with Crippen molar-refractivity contribution in [2.24, 2.45) is 0 Å². The van der Waals surface area contributed by atoms with Crippen molar-refractivity contribution in [2.75, 3.05) is 0 Å². The predicted molar refractivity (Wildman–Crippen MR) is 84.2 cm³/mol. The zero-order chi connectivity index (χ0) is 18.3. The molecule has 0 radical (unpaired) electrons. The lowest BCUT2D eigenvalue weighted by Crippen LogP contribution is -2.28. The Kier molecular flexibility index (Phi) is 4.63. The number of pyridine rings is 1. The monoisotopic (exact) mass is 359 g/mol. The SMILES string of the molecule is Cc1cncc(C)c1-c1c(C)cc(OS(=O)(=O)C(F)(F)F)cc1C. The number of aryl methyl sites for hydroxylation is 4. The summed E-state index contributed by atoms with van der Waals surface area (Å²) >= 11 is 0. The van der Waals surface area contributed by atoms with E-state index in [1.54, 1.807) is 26.2 Å². The number of alkyl halides is 3. The van der Waals surface area contributed by atoms with Gasteiger partial charge in [-0.1, -0.05) is 0 Å². The van der Waals surface area contributed by atoms with Gasteiger partial charge in [-0.15, -0.1) is 0 Å². The van der Waals surface area contributed by atoms with Crippen molar-refractivity contribution in [3.05, 3.63) is 46.8 Å². The third-order valence-corrected chi connectivity index (χ3v) is 4.55. The Morgan fingerprint density at radius 3 is 1.71 bits per heavy atom. The minimum Gasteiger partial charge on any atom is -0.376 e. The molecule has 1 aromatic carbocycles. The van der Waals surface area contributed by atoms with Gasteiger partial charge in [0.1, 0.15) is 5.75 Å². The van der Waals surface area contributed by atoms with Gasteiger partial charge in [0.05, 0.1) is 0 Å². The molecule has 1 aromatic heterocycles. The van der Waals surface area contributed by atoms with E-state index in [0.29, 0.717) is 11.1 Å². The summed E-state index contributed by atoms with van der Waals surface area (Å²) in [5.41, 5.74) is -0.671. The summed E-state index contributed by atoms with van der Waals surface area (Å²) in [6.07, 6.45) is 3.39. The Labute approximate surface area is 138 Å². The molecule has 4 nitrogen and oxygen atoms in total. The summed E-state index contributed by atoms with van der Waals surface area (Å²) in [4.78, 5) is 4.09. The van der Waals surface area contributed by atoms with E-state index in [1.807, 2.05) is 13.8 Å². The first-order valence-electron chi connectivity index (χ1n) is 6.97. The van der Waals surface area contributed by atoms with Crippen molar-refractivity contribution in [1.29, 1.82) is 0 Å². The van der Waals surface area contributed by atoms with E-state index in [-0.39, 0.29) is 5.75 Å². The van der Waals surface area contributed by atoms with E-state index in [2.05, 4.69) is 9.17 Å². The van der Waals surface area contributed by atoms with Gasteiger partial charge in [0.2, 0.25) is 0 Å². The molecule has 2 aromatic rings. The van der Waals surface area contributed by atoms with Crippen molar-refractivity contribution < 1.29 is 25.8 Å². The molecule has 0 saturated heterocycles. The quantitative estimate of drug-likeness (QED) is 0.608. The molecule has 0 aliphatic carbocycles. The Bertz CT molecular complexity index is 847. The predicted octanol–water partition coefficient (Wildman–Crippen LogP) is 4.21. The molecule has 0 N–H and O–H groups in total. The van der Waals surface area contributed by atoms with Crippen LogP contribution in [-0.4, -0.2) is 18.9 Å². The smallest absolute Gasteiger partial charge is 0.376 e. The summed E-state index contributed by atoms with van der Waals surface area (Å²) in [5.74, 6) is -0.365. The van der Waals surface area contributed by atoms with Crippen molar-refractivity contribution >= 4 is 10.1 Å². The Balaban J connectivity index is 2.55. The number of nitrogens with zero attached hydrogens (tertiary/aromatic N) is 1. The van der Waals surface area contributed by atoms with Crippen LogP contribution in [-0.2, 0) is 10.1 Å². The standard InChI is InChI=1S/C16H16F3NO3S/c1-9-5-13(23-24(21,22)16(17,18)19)6-10(2)14(9)15-11(3)7-20-8-12(15)4/h5-8H,1-4H3. The molecule has 0 bridgehead atoms. The molecule has 0 fully saturated rings. The molecular formula is C16H16F3NO3S. The summed E-state index contributed by atoms with van der Waals surface area (Å²) < 4.78 is 63.9. The zero-order valence-electron chi connectivity index (χ0n) is 13.5. The van der Waals surface area contributed by atoms with Crippen molar-refractivity contribution in [2.45, 2.75) is 33.2 Å². The zero-order valence-corrected chi connectivity index (χ0v) is 14.3. The summed E-state index contributed by atoms with van der Waals surface area (Å²) in [6, 6.07) is 2.57. The van der Waals surface area contributed by atoms with Gasteiger partial charge in [-0.2, -0.15) is 21.6 Å². The molecule has 0 aliphatic heterocycles. The highest BCUT2D eigenvalue weighted by Crippen LogP contribution is 2.36. The van der Waals surface area contributed by atoms with Crippen LogP contribution in [0.1, 0.15) is 22.3 Å². The normalized spacial score (nSPS) is 12.3. The van der Waals surface area contributed by atoms with E-state index in [1.165, 1.54) is 12.1 Å². The Morgan fingerprint density at radius 1 is 0.875 bits per heavy atom. The van der Waals surface area contributed by atoms with Gasteiger partial charge in [-0.05, 0) is 73.2 Å². The van der Waals surface area contributed by atoms with E-state index >= 15 is 0 Å². The highest BCUT2D eigenvalue weighted by Gasteiger charge is 2.48. The second-order valence-corrected chi connectivity index (χ2v) is 7.10. The number of benzene rings is 1. The fourth-order valence-electron chi connectivity index (χ4n) is 2.64. The molecule has 0 spiro atoms. The van der Waals surface area contributed by atoms with Gasteiger partial charge in [0.25, 0.3) is 0 Å². The lowest BCUT2D eigenvalue weighted by molar-refractivity contribution is -0.0500.